The maximum absolute atomic E-state index is 5.94. The molecule has 0 saturated heterocycles. The van der Waals surface area contributed by atoms with Crippen LogP contribution in [0.3, 0.4) is 0 Å². The van der Waals surface area contributed by atoms with Gasteiger partial charge in [-0.3, -0.25) is 0 Å². The van der Waals surface area contributed by atoms with E-state index < -0.39 is 0 Å². The van der Waals surface area contributed by atoms with Crippen LogP contribution in [0.25, 0.3) is 10.9 Å². The highest BCUT2D eigenvalue weighted by Crippen LogP contribution is 2.21. The Labute approximate surface area is 80.3 Å². The van der Waals surface area contributed by atoms with E-state index in [1.807, 2.05) is 12.1 Å². The van der Waals surface area contributed by atoms with Crippen LogP contribution in [-0.2, 0) is 0 Å². The molecule has 1 aromatic heterocycles. The second-order valence-electron chi connectivity index (χ2n) is 2.53. The quantitative estimate of drug-likeness (QED) is 0.699. The largest absolute Gasteiger partial charge is 0.467 e. The molecule has 0 spiro atoms. The molecule has 0 amide bonds. The number of methoxy groups -OCH3 is 1. The minimum absolute atomic E-state index is 0.334. The highest BCUT2D eigenvalue weighted by Gasteiger charge is 2.02. The van der Waals surface area contributed by atoms with Crippen LogP contribution in [0.4, 0.5) is 0 Å². The number of fused-ring (bicyclic) bond motifs is 1. The lowest BCUT2D eigenvalue weighted by atomic mass is 10.2. The van der Waals surface area contributed by atoms with Gasteiger partial charge in [0.1, 0.15) is 0 Å². The standard InChI is InChI=1S/C9H7ClN2O/c1-13-9-11-5-6-3-2-4-7(10)8(6)12-9/h2-5H,1H3. The normalized spacial score (nSPS) is 10.3. The maximum atomic E-state index is 5.94. The predicted molar refractivity (Wildman–Crippen MR) is 51.1 cm³/mol. The zero-order valence-corrected chi connectivity index (χ0v) is 7.75. The fourth-order valence-corrected chi connectivity index (χ4v) is 1.33. The molecule has 3 nitrogen and oxygen atoms in total. The zero-order chi connectivity index (χ0) is 9.26. The number of rotatable bonds is 1. The van der Waals surface area contributed by atoms with Crippen LogP contribution in [0, 0.1) is 0 Å². The first-order valence-corrected chi connectivity index (χ1v) is 4.14. The number of hydrogen-bond acceptors (Lipinski definition) is 3. The van der Waals surface area contributed by atoms with Gasteiger partial charge in [0.05, 0.1) is 17.6 Å². The Morgan fingerprint density at radius 2 is 2.23 bits per heavy atom. The van der Waals surface area contributed by atoms with E-state index in [1.54, 1.807) is 12.3 Å². The van der Waals surface area contributed by atoms with Crippen molar-refractivity contribution in [3.8, 4) is 6.01 Å². The molecule has 1 aromatic carbocycles. The molecule has 0 aliphatic rings. The molecule has 0 radical (unpaired) electrons. The van der Waals surface area contributed by atoms with Crippen LogP contribution in [-0.4, -0.2) is 17.1 Å². The van der Waals surface area contributed by atoms with Crippen LogP contribution in [0.15, 0.2) is 24.4 Å². The van der Waals surface area contributed by atoms with Crippen molar-refractivity contribution in [3.63, 3.8) is 0 Å². The molecule has 2 aromatic rings. The fourth-order valence-electron chi connectivity index (χ4n) is 1.10. The van der Waals surface area contributed by atoms with Crippen LogP contribution in [0.2, 0.25) is 5.02 Å². The van der Waals surface area contributed by atoms with E-state index in [9.17, 15) is 0 Å². The van der Waals surface area contributed by atoms with Crippen LogP contribution in [0.1, 0.15) is 0 Å². The first-order chi connectivity index (χ1) is 6.31. The Bertz CT molecular complexity index is 445. The van der Waals surface area contributed by atoms with Crippen LogP contribution >= 0.6 is 11.6 Å². The highest BCUT2D eigenvalue weighted by atomic mass is 35.5. The molecule has 0 saturated carbocycles. The number of halogens is 1. The number of para-hydroxylation sites is 1. The van der Waals surface area contributed by atoms with Crippen molar-refractivity contribution in [1.82, 2.24) is 9.97 Å². The van der Waals surface area contributed by atoms with E-state index in [-0.39, 0.29) is 0 Å². The number of aromatic nitrogens is 2. The van der Waals surface area contributed by atoms with Crippen molar-refractivity contribution in [2.24, 2.45) is 0 Å². The third-order valence-corrected chi connectivity index (χ3v) is 2.03. The number of hydrogen-bond donors (Lipinski definition) is 0. The molecular weight excluding hydrogens is 188 g/mol. The molecule has 0 fully saturated rings. The maximum Gasteiger partial charge on any atom is 0.316 e. The Morgan fingerprint density at radius 3 is 3.00 bits per heavy atom. The van der Waals surface area contributed by atoms with Gasteiger partial charge in [-0.2, -0.15) is 4.98 Å². The molecule has 2 rings (SSSR count). The number of ether oxygens (including phenoxy) is 1. The molecular formula is C9H7ClN2O. The number of nitrogens with zero attached hydrogens (tertiary/aromatic N) is 2. The van der Waals surface area contributed by atoms with E-state index in [1.165, 1.54) is 7.11 Å². The highest BCUT2D eigenvalue weighted by molar-refractivity contribution is 6.34. The van der Waals surface area contributed by atoms with Crippen molar-refractivity contribution in [2.45, 2.75) is 0 Å². The third kappa shape index (κ3) is 1.42. The lowest BCUT2D eigenvalue weighted by Crippen LogP contribution is -1.91. The van der Waals surface area contributed by atoms with E-state index in [0.717, 1.165) is 10.9 Å². The first kappa shape index (κ1) is 8.26. The van der Waals surface area contributed by atoms with Gasteiger partial charge in [-0.15, -0.1) is 0 Å². The van der Waals surface area contributed by atoms with Gasteiger partial charge in [0.25, 0.3) is 0 Å². The average Bonchev–Trinajstić information content (AvgIpc) is 2.18. The summed E-state index contributed by atoms with van der Waals surface area (Å²) in [6.07, 6.45) is 1.69. The summed E-state index contributed by atoms with van der Waals surface area (Å²) in [5, 5.41) is 1.52. The van der Waals surface area contributed by atoms with Gasteiger partial charge in [0.15, 0.2) is 0 Å². The summed E-state index contributed by atoms with van der Waals surface area (Å²) in [6, 6.07) is 5.89. The van der Waals surface area contributed by atoms with Crippen molar-refractivity contribution in [1.29, 1.82) is 0 Å². The molecule has 0 N–H and O–H groups in total. The van der Waals surface area contributed by atoms with E-state index >= 15 is 0 Å². The Balaban J connectivity index is 2.74. The van der Waals surface area contributed by atoms with Crippen molar-refractivity contribution >= 4 is 22.5 Å². The summed E-state index contributed by atoms with van der Waals surface area (Å²) in [7, 11) is 1.53. The summed E-state index contributed by atoms with van der Waals surface area (Å²) in [5.74, 6) is 0. The summed E-state index contributed by atoms with van der Waals surface area (Å²) in [4.78, 5) is 8.10. The zero-order valence-electron chi connectivity index (χ0n) is 6.99. The molecule has 0 bridgehead atoms. The van der Waals surface area contributed by atoms with Gasteiger partial charge < -0.3 is 4.74 Å². The molecule has 66 valence electrons. The minimum Gasteiger partial charge on any atom is -0.467 e. The van der Waals surface area contributed by atoms with Crippen molar-refractivity contribution in [2.75, 3.05) is 7.11 Å². The van der Waals surface area contributed by atoms with Crippen molar-refractivity contribution < 1.29 is 4.74 Å². The minimum atomic E-state index is 0.334. The second-order valence-corrected chi connectivity index (χ2v) is 2.94. The van der Waals surface area contributed by atoms with E-state index in [4.69, 9.17) is 16.3 Å². The van der Waals surface area contributed by atoms with Gasteiger partial charge in [-0.05, 0) is 6.07 Å². The van der Waals surface area contributed by atoms with Crippen molar-refractivity contribution in [3.05, 3.63) is 29.4 Å². The summed E-state index contributed by atoms with van der Waals surface area (Å²) in [6.45, 7) is 0. The molecule has 1 heterocycles. The summed E-state index contributed by atoms with van der Waals surface area (Å²) >= 11 is 5.94. The van der Waals surface area contributed by atoms with Crippen LogP contribution in [0.5, 0.6) is 6.01 Å². The monoisotopic (exact) mass is 194 g/mol. The molecule has 0 aliphatic heterocycles. The van der Waals surface area contributed by atoms with Gasteiger partial charge in [0, 0.05) is 11.6 Å². The van der Waals surface area contributed by atoms with Crippen LogP contribution < -0.4 is 4.74 Å². The Kier molecular flexibility index (Phi) is 2.02. The molecule has 4 heteroatoms. The molecule has 13 heavy (non-hydrogen) atoms. The summed E-state index contributed by atoms with van der Waals surface area (Å²) < 4.78 is 4.90. The van der Waals surface area contributed by atoms with Gasteiger partial charge in [-0.1, -0.05) is 23.7 Å². The van der Waals surface area contributed by atoms with Gasteiger partial charge >= 0.3 is 6.01 Å². The second kappa shape index (κ2) is 3.18. The first-order valence-electron chi connectivity index (χ1n) is 3.76. The third-order valence-electron chi connectivity index (χ3n) is 1.72. The van der Waals surface area contributed by atoms with Gasteiger partial charge in [-0.25, -0.2) is 4.98 Å². The molecule has 0 aliphatic carbocycles. The Morgan fingerprint density at radius 1 is 1.38 bits per heavy atom. The van der Waals surface area contributed by atoms with E-state index in [2.05, 4.69) is 9.97 Å². The lowest BCUT2D eigenvalue weighted by Gasteiger charge is -2.00. The van der Waals surface area contributed by atoms with E-state index in [0.29, 0.717) is 11.0 Å². The molecule has 0 atom stereocenters. The average molecular weight is 195 g/mol. The smallest absolute Gasteiger partial charge is 0.316 e. The predicted octanol–water partition coefficient (Wildman–Crippen LogP) is 2.29. The molecule has 0 unspecified atom stereocenters. The number of benzene rings is 1. The SMILES string of the molecule is COc1ncc2cccc(Cl)c2n1. The fraction of sp³-hybridized carbons (Fsp3) is 0.111. The summed E-state index contributed by atoms with van der Waals surface area (Å²) in [5.41, 5.74) is 0.719. The Hall–Kier alpha value is -1.35. The topological polar surface area (TPSA) is 35.0 Å². The van der Waals surface area contributed by atoms with Gasteiger partial charge in [0.2, 0.25) is 0 Å². The lowest BCUT2D eigenvalue weighted by molar-refractivity contribution is 0.382.